The zero-order chi connectivity index (χ0) is 24.8. The van der Waals surface area contributed by atoms with E-state index < -0.39 is 11.0 Å². The van der Waals surface area contributed by atoms with Crippen LogP contribution < -0.4 is 19.5 Å². The van der Waals surface area contributed by atoms with Crippen molar-refractivity contribution in [1.29, 1.82) is 0 Å². The van der Waals surface area contributed by atoms with Crippen LogP contribution in [0.2, 0.25) is 0 Å². The number of ether oxygens (including phenoxy) is 3. The summed E-state index contributed by atoms with van der Waals surface area (Å²) >= 11 is 0.983. The Hall–Kier alpha value is -3.45. The molecule has 4 rings (SSSR count). The fourth-order valence-electron chi connectivity index (χ4n) is 3.82. The van der Waals surface area contributed by atoms with Crippen LogP contribution in [0.4, 0.5) is 4.79 Å². The molecular weight excluding hydrogens is 462 g/mol. The average Bonchev–Trinajstić information content (AvgIpc) is 3.12. The highest BCUT2D eigenvalue weighted by molar-refractivity contribution is 8.15. The molecule has 182 valence electrons. The van der Waals surface area contributed by atoms with Crippen LogP contribution in [-0.4, -0.2) is 17.4 Å². The van der Waals surface area contributed by atoms with Gasteiger partial charge in [0.25, 0.3) is 5.24 Å². The maximum absolute atomic E-state index is 12.2. The monoisotopic (exact) mass is 491 g/mol. The van der Waals surface area contributed by atoms with Crippen molar-refractivity contribution >= 4 is 22.9 Å². The molecule has 0 spiro atoms. The predicted molar refractivity (Wildman–Crippen MR) is 137 cm³/mol. The lowest BCUT2D eigenvalue weighted by Gasteiger charge is -2.22. The van der Waals surface area contributed by atoms with Crippen LogP contribution in [0.5, 0.6) is 23.0 Å². The van der Waals surface area contributed by atoms with Crippen LogP contribution in [-0.2, 0) is 16.0 Å². The van der Waals surface area contributed by atoms with Crippen LogP contribution in [0.3, 0.4) is 0 Å². The molecule has 1 heterocycles. The second kappa shape index (κ2) is 10.9. The van der Waals surface area contributed by atoms with Gasteiger partial charge in [-0.2, -0.15) is 0 Å². The number of carbonyl (C=O) groups excluding carboxylic acids is 2. The van der Waals surface area contributed by atoms with Gasteiger partial charge in [-0.15, -0.1) is 0 Å². The molecule has 0 saturated carbocycles. The first-order valence-electron chi connectivity index (χ1n) is 11.8. The molecule has 7 heteroatoms. The Morgan fingerprint density at radius 1 is 0.886 bits per heavy atom. The van der Waals surface area contributed by atoms with Gasteiger partial charge in [0.1, 0.15) is 27.7 Å². The minimum atomic E-state index is -0.938. The van der Waals surface area contributed by atoms with Gasteiger partial charge in [-0.3, -0.25) is 14.9 Å². The Bertz CT molecular complexity index is 1200. The van der Waals surface area contributed by atoms with Gasteiger partial charge in [0.2, 0.25) is 12.2 Å². The minimum Gasteiger partial charge on any atom is -0.457 e. The summed E-state index contributed by atoms with van der Waals surface area (Å²) in [6, 6.07) is 22.7. The molecule has 2 amide bonds. The number of aryl methyl sites for hydroxylation is 1. The lowest BCUT2D eigenvalue weighted by molar-refractivity contribution is -0.121. The first-order chi connectivity index (χ1) is 16.9. The van der Waals surface area contributed by atoms with E-state index in [1.807, 2.05) is 49.4 Å². The first kappa shape index (κ1) is 24.7. The predicted octanol–water partition coefficient (Wildman–Crippen LogP) is 6.82. The summed E-state index contributed by atoms with van der Waals surface area (Å²) in [6.45, 7) is 5.86. The van der Waals surface area contributed by atoms with Gasteiger partial charge in [0, 0.05) is 12.5 Å². The fraction of sp³-hybridized carbons (Fsp3) is 0.286. The Morgan fingerprint density at radius 3 is 2.29 bits per heavy atom. The van der Waals surface area contributed by atoms with Crippen LogP contribution in [0.25, 0.3) is 0 Å². The van der Waals surface area contributed by atoms with E-state index in [0.29, 0.717) is 23.7 Å². The number of hydrogen-bond donors (Lipinski definition) is 1. The summed E-state index contributed by atoms with van der Waals surface area (Å²) in [7, 11) is 0. The van der Waals surface area contributed by atoms with Gasteiger partial charge in [0.15, 0.2) is 0 Å². The third-order valence-electron chi connectivity index (χ3n) is 5.74. The third-order valence-corrected chi connectivity index (χ3v) is 6.86. The number of thioether (sulfide) groups is 1. The second-order valence-corrected chi connectivity index (χ2v) is 9.80. The second-order valence-electron chi connectivity index (χ2n) is 8.41. The molecule has 2 atom stereocenters. The Balaban J connectivity index is 1.42. The Morgan fingerprint density at radius 2 is 1.60 bits per heavy atom. The van der Waals surface area contributed by atoms with Gasteiger partial charge in [-0.25, -0.2) is 0 Å². The normalized spacial score (nSPS) is 18.1. The zero-order valence-electron chi connectivity index (χ0n) is 20.1. The number of benzene rings is 3. The molecule has 0 radical (unpaired) electrons. The van der Waals surface area contributed by atoms with Crippen molar-refractivity contribution in [1.82, 2.24) is 5.32 Å². The molecule has 1 aliphatic rings. The van der Waals surface area contributed by atoms with Crippen molar-refractivity contribution in [3.05, 3.63) is 83.9 Å². The maximum Gasteiger partial charge on any atom is 0.287 e. The first-order valence-corrected chi connectivity index (χ1v) is 12.6. The van der Waals surface area contributed by atoms with Crippen LogP contribution in [0, 0.1) is 0 Å². The van der Waals surface area contributed by atoms with E-state index in [0.717, 1.165) is 35.9 Å². The number of imide groups is 1. The minimum absolute atomic E-state index is 0.310. The van der Waals surface area contributed by atoms with Crippen molar-refractivity contribution in [2.24, 2.45) is 0 Å². The van der Waals surface area contributed by atoms with Gasteiger partial charge >= 0.3 is 0 Å². The number of rotatable bonds is 10. The van der Waals surface area contributed by atoms with Gasteiger partial charge in [0.05, 0.1) is 0 Å². The lowest BCUT2D eigenvalue weighted by atomic mass is 9.99. The quantitative estimate of drug-likeness (QED) is 0.314. The van der Waals surface area contributed by atoms with Gasteiger partial charge in [-0.1, -0.05) is 56.7 Å². The van der Waals surface area contributed by atoms with Gasteiger partial charge < -0.3 is 14.2 Å². The summed E-state index contributed by atoms with van der Waals surface area (Å²) in [6.07, 6.45) is 2.11. The smallest absolute Gasteiger partial charge is 0.287 e. The maximum atomic E-state index is 12.2. The molecule has 1 fully saturated rings. The number of amides is 2. The largest absolute Gasteiger partial charge is 0.457 e. The van der Waals surface area contributed by atoms with Crippen molar-refractivity contribution in [2.75, 3.05) is 0 Å². The summed E-state index contributed by atoms with van der Waals surface area (Å²) in [5.74, 6) is 2.49. The molecule has 1 aliphatic heterocycles. The van der Waals surface area contributed by atoms with E-state index in [1.54, 1.807) is 31.2 Å². The zero-order valence-corrected chi connectivity index (χ0v) is 20.9. The molecule has 0 aromatic heterocycles. The molecule has 0 aliphatic carbocycles. The standard InChI is InChI=1S/C28H29NO5S/c1-4-9-19-10-6-7-13-24(19)32-22-11-8-12-23(18-22)34-25(5-2)33-21-16-14-20(15-17-21)28(3)26(30)29-27(31)35-28/h6-8,10-18,25H,4-5,9H2,1-3H3,(H,29,30,31). The topological polar surface area (TPSA) is 73.9 Å². The Kier molecular flexibility index (Phi) is 7.66. The highest BCUT2D eigenvalue weighted by Gasteiger charge is 2.45. The van der Waals surface area contributed by atoms with E-state index in [9.17, 15) is 9.59 Å². The van der Waals surface area contributed by atoms with Crippen molar-refractivity contribution < 1.29 is 23.8 Å². The van der Waals surface area contributed by atoms with Crippen LogP contribution in [0.15, 0.2) is 72.8 Å². The molecule has 3 aromatic carbocycles. The van der Waals surface area contributed by atoms with E-state index in [1.165, 1.54) is 5.56 Å². The van der Waals surface area contributed by atoms with E-state index in [4.69, 9.17) is 14.2 Å². The summed E-state index contributed by atoms with van der Waals surface area (Å²) in [5.41, 5.74) is 1.91. The SMILES string of the molecule is CCCc1ccccc1Oc1cccc(OC(CC)Oc2ccc(C3(C)SC(=O)NC3=O)cc2)c1. The van der Waals surface area contributed by atoms with E-state index >= 15 is 0 Å². The number of para-hydroxylation sites is 1. The van der Waals surface area contributed by atoms with Crippen LogP contribution in [0.1, 0.15) is 44.7 Å². The van der Waals surface area contributed by atoms with Crippen LogP contribution >= 0.6 is 11.8 Å². The molecule has 1 N–H and O–H groups in total. The highest BCUT2D eigenvalue weighted by atomic mass is 32.2. The Labute approximate surface area is 210 Å². The average molecular weight is 492 g/mol. The molecule has 0 bridgehead atoms. The summed E-state index contributed by atoms with van der Waals surface area (Å²) in [4.78, 5) is 23.8. The molecule has 2 unspecified atom stereocenters. The summed E-state index contributed by atoms with van der Waals surface area (Å²) in [5, 5.41) is 2.01. The molecule has 1 saturated heterocycles. The lowest BCUT2D eigenvalue weighted by Crippen LogP contribution is -2.31. The molecule has 3 aromatic rings. The number of hydrogen-bond acceptors (Lipinski definition) is 6. The highest BCUT2D eigenvalue weighted by Crippen LogP contribution is 2.41. The molecule has 6 nitrogen and oxygen atoms in total. The molecule has 35 heavy (non-hydrogen) atoms. The third kappa shape index (κ3) is 5.80. The number of nitrogens with one attached hydrogen (secondary N) is 1. The van der Waals surface area contributed by atoms with Crippen molar-refractivity contribution in [2.45, 2.75) is 51.1 Å². The fourth-order valence-corrected chi connectivity index (χ4v) is 4.73. The number of carbonyl (C=O) groups is 2. The van der Waals surface area contributed by atoms with Crippen molar-refractivity contribution in [3.63, 3.8) is 0 Å². The molecular formula is C28H29NO5S. The summed E-state index contributed by atoms with van der Waals surface area (Å²) < 4.78 is 17.3. The van der Waals surface area contributed by atoms with E-state index in [2.05, 4.69) is 18.3 Å². The van der Waals surface area contributed by atoms with Gasteiger partial charge in [-0.05, 0) is 66.6 Å². The van der Waals surface area contributed by atoms with Crippen molar-refractivity contribution in [3.8, 4) is 23.0 Å². The van der Waals surface area contributed by atoms with E-state index in [-0.39, 0.29) is 11.1 Å².